The van der Waals surface area contributed by atoms with Crippen LogP contribution >= 0.6 is 47.5 Å². The van der Waals surface area contributed by atoms with Crippen molar-refractivity contribution in [3.8, 4) is 0 Å². The summed E-state index contributed by atoms with van der Waals surface area (Å²) in [6.07, 6.45) is 0. The van der Waals surface area contributed by atoms with E-state index in [1.165, 1.54) is 0 Å². The summed E-state index contributed by atoms with van der Waals surface area (Å²) >= 11 is 48.1. The molecule has 0 heterocycles. The fraction of sp³-hybridized carbons (Fsp3) is 0.250. The first-order chi connectivity index (χ1) is 45.7. The molecule has 0 spiro atoms. The van der Waals surface area contributed by atoms with Crippen molar-refractivity contribution in [3.05, 3.63) is 303 Å². The van der Waals surface area contributed by atoms with Gasteiger partial charge in [-0.3, -0.25) is 0 Å². The summed E-state index contributed by atoms with van der Waals surface area (Å²) in [7, 11) is 5.53. The summed E-state index contributed by atoms with van der Waals surface area (Å²) in [5.74, 6) is 0. The Kier molecular flexibility index (Phi) is 170. The van der Waals surface area contributed by atoms with Crippen LogP contribution in [-0.4, -0.2) is 134 Å². The summed E-state index contributed by atoms with van der Waals surface area (Å²) in [4.78, 5) is 9.05. The molecule has 0 atom stereocenters. The maximum Gasteiger partial charge on any atom is 1.00 e. The van der Waals surface area contributed by atoms with Crippen molar-refractivity contribution < 1.29 is 175 Å². The fourth-order valence-corrected chi connectivity index (χ4v) is 5.78. The molecule has 10 rings (SSSR count). The Morgan fingerprint density at radius 1 is 0.140 bits per heavy atom. The van der Waals surface area contributed by atoms with Gasteiger partial charge in [0.15, 0.2) is 0 Å². The Hall–Kier alpha value is 2.13. The van der Waals surface area contributed by atoms with Gasteiger partial charge in [0, 0.05) is 14.2 Å². The zero-order chi connectivity index (χ0) is 75.3. The summed E-state index contributed by atoms with van der Waals surface area (Å²) in [6.45, 7) is 40.2. The third-order valence-corrected chi connectivity index (χ3v) is 10.2. The van der Waals surface area contributed by atoms with E-state index in [1.807, 2.05) is 303 Å². The van der Waals surface area contributed by atoms with Crippen molar-refractivity contribution in [2.24, 2.45) is 0 Å². The van der Waals surface area contributed by atoms with Crippen LogP contribution in [0, 0.1) is 0 Å². The van der Waals surface area contributed by atoms with Crippen LogP contribution < -0.4 is 0 Å². The molecule has 10 aromatic rings. The minimum Gasteiger partial charge on any atom is -0.780 e. The average molecular weight is 2230 g/mol. The Bertz CT molecular complexity index is 2330. The molecular formula is C80H110Cu10OP6S10. The van der Waals surface area contributed by atoms with Crippen molar-refractivity contribution in [2.45, 2.75) is 49.0 Å². The molecule has 0 aliphatic carbocycles. The molecule has 0 radical (unpaired) electrons. The minimum absolute atomic E-state index is 0. The van der Waals surface area contributed by atoms with Crippen LogP contribution in [0.15, 0.2) is 352 Å². The second kappa shape index (κ2) is 121. The van der Waals surface area contributed by atoms with Gasteiger partial charge in [0.2, 0.25) is 0 Å². The van der Waals surface area contributed by atoms with Crippen LogP contribution in [-0.2, 0) is 302 Å². The van der Waals surface area contributed by atoms with Crippen LogP contribution in [0.3, 0.4) is 0 Å². The van der Waals surface area contributed by atoms with Gasteiger partial charge >= 0.3 is 171 Å². The smallest absolute Gasteiger partial charge is 0.780 e. The topological polar surface area (TPSA) is 9.23 Å². The molecule has 0 bridgehead atoms. The predicted molar refractivity (Wildman–Crippen MR) is 482 cm³/mol. The Labute approximate surface area is 824 Å². The Morgan fingerprint density at radius 2 is 0.178 bits per heavy atom. The van der Waals surface area contributed by atoms with Crippen molar-refractivity contribution >= 4 is 174 Å². The zero-order valence-electron chi connectivity index (χ0n) is 64.1. The molecule has 27 heteroatoms. The quantitative estimate of drug-likeness (QED) is 0.0817. The molecule has 0 saturated carbocycles. The molecule has 10 aromatic carbocycles. The summed E-state index contributed by atoms with van der Waals surface area (Å²) in [5.41, 5.74) is 0. The molecule has 0 unspecified atom stereocenters. The molecule has 0 saturated heterocycles. The molecule has 0 amide bonds. The average Bonchev–Trinajstić information content (AvgIpc) is 2.21. The van der Waals surface area contributed by atoms with Gasteiger partial charge in [-0.1, -0.05) is 303 Å². The molecule has 1 nitrogen and oxygen atoms in total. The van der Waals surface area contributed by atoms with Gasteiger partial charge in [0.25, 0.3) is 0 Å². The normalized spacial score (nSPS) is 7.79. The standard InChI is InChI=1S/10C6H6S.6C3H9P.C2H6O.10Cu/c10*7-6-4-2-1-3-5-6;6*1-4(2)3;1-3-2;;;;;;;;;;/h10*1-5,7H;6*1-3H3;1-2H3;;;;;;;;;;/q;;;;;;;;;;;;;;;;;10*+1/p-10. The number of hydrogen-bond donors (Lipinski definition) is 0. The number of methoxy groups -OCH3 is 1. The van der Waals surface area contributed by atoms with Gasteiger partial charge in [-0.05, 0) is 120 Å². The maximum atomic E-state index is 4.81. The van der Waals surface area contributed by atoms with Crippen LogP contribution in [0.5, 0.6) is 0 Å². The third kappa shape index (κ3) is 181. The van der Waals surface area contributed by atoms with E-state index in [1.54, 1.807) is 14.2 Å². The summed E-state index contributed by atoms with van der Waals surface area (Å²) < 4.78 is 4.25. The number of ether oxygens (including phenoxy) is 1. The molecule has 0 aliphatic heterocycles. The molecule has 0 aromatic heterocycles. The fourth-order valence-electron chi connectivity index (χ4n) is 4.20. The first-order valence-electron chi connectivity index (χ1n) is 30.0. The van der Waals surface area contributed by atoms with Crippen LogP contribution in [0.2, 0.25) is 0 Å². The summed E-state index contributed by atoms with van der Waals surface area (Å²) in [5, 5.41) is 0. The van der Waals surface area contributed by atoms with Crippen LogP contribution in [0.1, 0.15) is 0 Å². The van der Waals surface area contributed by atoms with Crippen molar-refractivity contribution in [2.75, 3.05) is 134 Å². The van der Waals surface area contributed by atoms with E-state index < -0.39 is 0 Å². The van der Waals surface area contributed by atoms with E-state index in [2.05, 4.69) is 125 Å². The SMILES string of the molecule is COC.CP(C)C.CP(C)C.CP(C)C.CP(C)C.CP(C)C.CP(C)C.[Cu+].[Cu+].[Cu+].[Cu+].[Cu+].[Cu+].[Cu+].[Cu+].[Cu+].[Cu+].[S-]c1ccccc1.[S-]c1ccccc1.[S-]c1ccccc1.[S-]c1ccccc1.[S-]c1ccccc1.[S-]c1ccccc1.[S-]c1ccccc1.[S-]c1ccccc1.[S-]c1ccccc1.[S-]c1ccccc1. The number of benzene rings is 10. The number of rotatable bonds is 0. The summed E-state index contributed by atoms with van der Waals surface area (Å²) in [6, 6.07) is 96.2. The van der Waals surface area contributed by atoms with E-state index in [-0.39, 0.29) is 171 Å². The van der Waals surface area contributed by atoms with Gasteiger partial charge in [-0.15, -0.1) is 47.5 Å². The van der Waals surface area contributed by atoms with E-state index in [0.717, 1.165) is 49.0 Å². The number of hydrogen-bond acceptors (Lipinski definition) is 11. The second-order valence-electron chi connectivity index (χ2n) is 21.6. The molecule has 636 valence electrons. The molecule has 0 N–H and O–H groups in total. The third-order valence-electron chi connectivity index (χ3n) is 7.43. The van der Waals surface area contributed by atoms with Gasteiger partial charge in [0.05, 0.1) is 0 Å². The second-order valence-corrected chi connectivity index (χ2v) is 42.4. The van der Waals surface area contributed by atoms with Crippen molar-refractivity contribution in [1.82, 2.24) is 0 Å². The van der Waals surface area contributed by atoms with Gasteiger partial charge < -0.3 is 131 Å². The van der Waals surface area contributed by atoms with Crippen LogP contribution in [0.4, 0.5) is 0 Å². The molecule has 0 fully saturated rings. The van der Waals surface area contributed by atoms with E-state index in [9.17, 15) is 0 Å². The van der Waals surface area contributed by atoms with E-state index in [0.29, 0.717) is 47.5 Å². The Balaban J connectivity index is -0.0000000536. The predicted octanol–water partition coefficient (Wildman–Crippen LogP) is 24.3. The molecule has 107 heavy (non-hydrogen) atoms. The van der Waals surface area contributed by atoms with Crippen molar-refractivity contribution in [1.29, 1.82) is 0 Å². The molecule has 0 aliphatic rings. The zero-order valence-corrected chi connectivity index (χ0v) is 87.0. The largest absolute Gasteiger partial charge is 1.00 e. The first-order valence-corrected chi connectivity index (χ1v) is 50.2. The van der Waals surface area contributed by atoms with Gasteiger partial charge in [-0.2, -0.15) is 49.0 Å². The minimum atomic E-state index is 0. The monoisotopic (exact) mass is 2220 g/mol. The van der Waals surface area contributed by atoms with Gasteiger partial charge in [-0.25, -0.2) is 0 Å². The van der Waals surface area contributed by atoms with Gasteiger partial charge in [0.1, 0.15) is 0 Å². The van der Waals surface area contributed by atoms with E-state index >= 15 is 0 Å². The Morgan fingerprint density at radius 3 is 0.196 bits per heavy atom. The van der Waals surface area contributed by atoms with Crippen LogP contribution in [0.25, 0.3) is 0 Å². The maximum absolute atomic E-state index is 4.81. The first kappa shape index (κ1) is 150. The van der Waals surface area contributed by atoms with E-state index in [4.69, 9.17) is 126 Å². The molecular weight excluding hydrogens is 2120 g/mol. The van der Waals surface area contributed by atoms with Crippen molar-refractivity contribution in [3.63, 3.8) is 0 Å².